The van der Waals surface area contributed by atoms with E-state index in [1.54, 1.807) is 6.08 Å². The molecule has 1 aliphatic rings. The van der Waals surface area contributed by atoms with E-state index in [0.29, 0.717) is 12.8 Å². The standard InChI is InChI=1S/C19H20N2O2/c1-4-6-13-14-11-12(3)7-8-16(14)21(15(13)5-2)17-9-10-18(22)20-19(17)23/h4-8,11,17H,2,9-10H2,1,3H3,(H,20,22,23)/b6-4-. The minimum Gasteiger partial charge on any atom is -0.328 e. The van der Waals surface area contributed by atoms with Crippen molar-refractivity contribution in [1.29, 1.82) is 0 Å². The van der Waals surface area contributed by atoms with Gasteiger partial charge in [0.05, 0.1) is 0 Å². The van der Waals surface area contributed by atoms with Crippen molar-refractivity contribution >= 4 is 34.9 Å². The molecule has 2 amide bonds. The fourth-order valence-corrected chi connectivity index (χ4v) is 3.29. The van der Waals surface area contributed by atoms with Crippen LogP contribution in [0, 0.1) is 6.92 Å². The molecular weight excluding hydrogens is 288 g/mol. The summed E-state index contributed by atoms with van der Waals surface area (Å²) in [4.78, 5) is 23.8. The number of carbonyl (C=O) groups is 2. The lowest BCUT2D eigenvalue weighted by Crippen LogP contribution is -2.41. The number of fused-ring (bicyclic) bond motifs is 1. The molecule has 1 unspecified atom stereocenters. The minimum atomic E-state index is -0.384. The zero-order valence-electron chi connectivity index (χ0n) is 13.4. The minimum absolute atomic E-state index is 0.201. The molecule has 118 valence electrons. The van der Waals surface area contributed by atoms with Crippen LogP contribution in [0.2, 0.25) is 0 Å². The van der Waals surface area contributed by atoms with E-state index >= 15 is 0 Å². The first-order chi connectivity index (χ1) is 11.1. The van der Waals surface area contributed by atoms with Gasteiger partial charge < -0.3 is 4.57 Å². The van der Waals surface area contributed by atoms with Crippen LogP contribution in [0.3, 0.4) is 0 Å². The van der Waals surface area contributed by atoms with Crippen molar-refractivity contribution in [2.45, 2.75) is 32.7 Å². The number of hydrogen-bond acceptors (Lipinski definition) is 2. The Labute approximate surface area is 135 Å². The van der Waals surface area contributed by atoms with Crippen molar-refractivity contribution in [3.8, 4) is 0 Å². The number of hydrogen-bond donors (Lipinski definition) is 1. The van der Waals surface area contributed by atoms with Crippen LogP contribution < -0.4 is 5.32 Å². The van der Waals surface area contributed by atoms with Crippen molar-refractivity contribution in [2.75, 3.05) is 0 Å². The van der Waals surface area contributed by atoms with Gasteiger partial charge in [0, 0.05) is 28.6 Å². The molecular formula is C19H20N2O2. The zero-order valence-corrected chi connectivity index (χ0v) is 13.4. The number of piperidine rings is 1. The summed E-state index contributed by atoms with van der Waals surface area (Å²) in [5, 5.41) is 3.55. The molecule has 23 heavy (non-hydrogen) atoms. The van der Waals surface area contributed by atoms with Crippen LogP contribution in [0.4, 0.5) is 0 Å². The quantitative estimate of drug-likeness (QED) is 0.881. The SMILES string of the molecule is C=Cc1c(/C=C\C)c2cc(C)ccc2n1C1CCC(=O)NC1=O. The topological polar surface area (TPSA) is 51.1 Å². The average molecular weight is 308 g/mol. The van der Waals surface area contributed by atoms with Gasteiger partial charge in [0.15, 0.2) is 0 Å². The first kappa shape index (κ1) is 15.3. The van der Waals surface area contributed by atoms with Gasteiger partial charge in [-0.1, -0.05) is 30.4 Å². The monoisotopic (exact) mass is 308 g/mol. The van der Waals surface area contributed by atoms with Gasteiger partial charge in [-0.2, -0.15) is 0 Å². The first-order valence-corrected chi connectivity index (χ1v) is 7.80. The number of aryl methyl sites for hydroxylation is 1. The van der Waals surface area contributed by atoms with E-state index in [9.17, 15) is 9.59 Å². The second-order valence-electron chi connectivity index (χ2n) is 5.86. The highest BCUT2D eigenvalue weighted by Gasteiger charge is 2.31. The number of aromatic nitrogens is 1. The van der Waals surface area contributed by atoms with Crippen LogP contribution in [0.1, 0.15) is 42.6 Å². The van der Waals surface area contributed by atoms with Gasteiger partial charge in [0.2, 0.25) is 11.8 Å². The van der Waals surface area contributed by atoms with Crippen molar-refractivity contribution in [3.05, 3.63) is 47.7 Å². The maximum absolute atomic E-state index is 12.3. The van der Waals surface area contributed by atoms with Gasteiger partial charge in [-0.3, -0.25) is 14.9 Å². The Hall–Kier alpha value is -2.62. The fraction of sp³-hybridized carbons (Fsp3) is 0.263. The predicted molar refractivity (Wildman–Crippen MR) is 92.9 cm³/mol. The maximum atomic E-state index is 12.3. The third-order valence-corrected chi connectivity index (χ3v) is 4.29. The Bertz CT molecular complexity index is 843. The predicted octanol–water partition coefficient (Wildman–Crippen LogP) is 3.60. The number of amides is 2. The molecule has 2 aromatic rings. The van der Waals surface area contributed by atoms with Crippen molar-refractivity contribution in [2.24, 2.45) is 0 Å². The van der Waals surface area contributed by atoms with Crippen molar-refractivity contribution in [3.63, 3.8) is 0 Å². The average Bonchev–Trinajstić information content (AvgIpc) is 2.81. The van der Waals surface area contributed by atoms with E-state index in [-0.39, 0.29) is 17.9 Å². The second kappa shape index (κ2) is 5.88. The molecule has 1 aliphatic heterocycles. The third-order valence-electron chi connectivity index (χ3n) is 4.29. The van der Waals surface area contributed by atoms with Crippen LogP contribution in [0.5, 0.6) is 0 Å². The molecule has 0 saturated carbocycles. The van der Waals surface area contributed by atoms with Gasteiger partial charge in [-0.05, 0) is 38.5 Å². The van der Waals surface area contributed by atoms with E-state index < -0.39 is 0 Å². The van der Waals surface area contributed by atoms with Crippen LogP contribution in [-0.2, 0) is 9.59 Å². The number of benzene rings is 1. The molecule has 2 heterocycles. The highest BCUT2D eigenvalue weighted by molar-refractivity contribution is 6.02. The third kappa shape index (κ3) is 2.50. The highest BCUT2D eigenvalue weighted by atomic mass is 16.2. The van der Waals surface area contributed by atoms with Crippen LogP contribution in [0.25, 0.3) is 23.1 Å². The smallest absolute Gasteiger partial charge is 0.249 e. The molecule has 0 aliphatic carbocycles. The molecule has 1 N–H and O–H groups in total. The highest BCUT2D eigenvalue weighted by Crippen LogP contribution is 2.34. The van der Waals surface area contributed by atoms with Crippen molar-refractivity contribution < 1.29 is 9.59 Å². The Morgan fingerprint density at radius 3 is 2.78 bits per heavy atom. The number of rotatable bonds is 3. The summed E-state index contributed by atoms with van der Waals surface area (Å²) in [6, 6.07) is 5.82. The van der Waals surface area contributed by atoms with E-state index in [2.05, 4.69) is 24.9 Å². The largest absolute Gasteiger partial charge is 0.328 e. The molecule has 4 heteroatoms. The molecule has 1 fully saturated rings. The van der Waals surface area contributed by atoms with Crippen molar-refractivity contribution in [1.82, 2.24) is 9.88 Å². The number of nitrogens with zero attached hydrogens (tertiary/aromatic N) is 1. The molecule has 3 rings (SSSR count). The van der Waals surface area contributed by atoms with E-state index in [1.165, 1.54) is 5.56 Å². The number of carbonyl (C=O) groups excluding carboxylic acids is 2. The number of nitrogens with one attached hydrogen (secondary N) is 1. The molecule has 1 atom stereocenters. The first-order valence-electron chi connectivity index (χ1n) is 7.80. The van der Waals surface area contributed by atoms with Gasteiger partial charge in [0.1, 0.15) is 6.04 Å². The van der Waals surface area contributed by atoms with E-state index in [4.69, 9.17) is 0 Å². The van der Waals surface area contributed by atoms with Gasteiger partial charge in [-0.15, -0.1) is 0 Å². The van der Waals surface area contributed by atoms with E-state index in [1.807, 2.05) is 35.8 Å². The summed E-state index contributed by atoms with van der Waals surface area (Å²) >= 11 is 0. The van der Waals surface area contributed by atoms with Crippen LogP contribution in [0.15, 0.2) is 30.9 Å². The normalized spacial score (nSPS) is 18.6. The summed E-state index contributed by atoms with van der Waals surface area (Å²) in [7, 11) is 0. The molecule has 0 bridgehead atoms. The van der Waals surface area contributed by atoms with E-state index in [0.717, 1.165) is 22.2 Å². The molecule has 4 nitrogen and oxygen atoms in total. The molecule has 0 radical (unpaired) electrons. The van der Waals surface area contributed by atoms with Gasteiger partial charge in [-0.25, -0.2) is 0 Å². The fourth-order valence-electron chi connectivity index (χ4n) is 3.29. The lowest BCUT2D eigenvalue weighted by Gasteiger charge is -2.24. The molecule has 0 spiro atoms. The summed E-state index contributed by atoms with van der Waals surface area (Å²) in [6.07, 6.45) is 6.68. The van der Waals surface area contributed by atoms with Gasteiger partial charge >= 0.3 is 0 Å². The summed E-state index contributed by atoms with van der Waals surface area (Å²) < 4.78 is 2.01. The molecule has 1 aromatic heterocycles. The zero-order chi connectivity index (χ0) is 16.6. The molecule has 1 saturated heterocycles. The Balaban J connectivity index is 2.29. The van der Waals surface area contributed by atoms with Crippen LogP contribution >= 0.6 is 0 Å². The maximum Gasteiger partial charge on any atom is 0.249 e. The summed E-state index contributed by atoms with van der Waals surface area (Å²) in [5.74, 6) is -0.443. The Kier molecular flexibility index (Phi) is 3.90. The number of imide groups is 1. The van der Waals surface area contributed by atoms with Crippen LogP contribution in [-0.4, -0.2) is 16.4 Å². The summed E-state index contributed by atoms with van der Waals surface area (Å²) in [6.45, 7) is 7.96. The summed E-state index contributed by atoms with van der Waals surface area (Å²) in [5.41, 5.74) is 4.14. The Morgan fingerprint density at radius 2 is 2.13 bits per heavy atom. The Morgan fingerprint density at radius 1 is 1.35 bits per heavy atom. The lowest BCUT2D eigenvalue weighted by molar-refractivity contribution is -0.135. The molecule has 1 aromatic carbocycles. The second-order valence-corrected chi connectivity index (χ2v) is 5.86. The lowest BCUT2D eigenvalue weighted by atomic mass is 10.1. The van der Waals surface area contributed by atoms with Gasteiger partial charge in [0.25, 0.3) is 0 Å². The number of allylic oxidation sites excluding steroid dienone is 1.